The van der Waals surface area contributed by atoms with E-state index in [1.165, 1.54) is 5.56 Å². The molecule has 26 heavy (non-hydrogen) atoms. The summed E-state index contributed by atoms with van der Waals surface area (Å²) in [7, 11) is 1.60. The molecule has 1 heterocycles. The van der Waals surface area contributed by atoms with Crippen molar-refractivity contribution in [3.05, 3.63) is 65.5 Å². The first kappa shape index (κ1) is 17.7. The van der Waals surface area contributed by atoms with Crippen LogP contribution in [0.2, 0.25) is 0 Å². The Hall–Kier alpha value is -3.15. The van der Waals surface area contributed by atoms with Crippen molar-refractivity contribution in [1.29, 1.82) is 0 Å². The van der Waals surface area contributed by atoms with Gasteiger partial charge in [-0.15, -0.1) is 0 Å². The van der Waals surface area contributed by atoms with Gasteiger partial charge in [0.05, 0.1) is 12.7 Å². The molecular weight excluding hydrogens is 330 g/mol. The Morgan fingerprint density at radius 3 is 2.69 bits per heavy atom. The minimum atomic E-state index is -0.0531. The van der Waals surface area contributed by atoms with Gasteiger partial charge in [0, 0.05) is 19.4 Å². The molecule has 2 aromatic carbocycles. The van der Waals surface area contributed by atoms with Crippen LogP contribution in [0.5, 0.6) is 5.75 Å². The van der Waals surface area contributed by atoms with E-state index in [1.807, 2.05) is 55.5 Å². The first-order valence-corrected chi connectivity index (χ1v) is 8.44. The minimum Gasteiger partial charge on any atom is -0.496 e. The van der Waals surface area contributed by atoms with Crippen LogP contribution in [0.25, 0.3) is 11.4 Å². The Morgan fingerprint density at radius 2 is 1.92 bits per heavy atom. The van der Waals surface area contributed by atoms with Crippen LogP contribution < -0.4 is 10.1 Å². The maximum atomic E-state index is 12.0. The van der Waals surface area contributed by atoms with Gasteiger partial charge in [0.15, 0.2) is 0 Å². The van der Waals surface area contributed by atoms with Crippen molar-refractivity contribution >= 4 is 5.91 Å². The van der Waals surface area contributed by atoms with Crippen molar-refractivity contribution in [3.63, 3.8) is 0 Å². The molecule has 1 aromatic heterocycles. The number of carbonyl (C=O) groups excluding carboxylic acids is 1. The molecule has 6 nitrogen and oxygen atoms in total. The molecule has 3 rings (SSSR count). The fourth-order valence-corrected chi connectivity index (χ4v) is 2.51. The van der Waals surface area contributed by atoms with E-state index in [4.69, 9.17) is 9.26 Å². The number of benzene rings is 2. The summed E-state index contributed by atoms with van der Waals surface area (Å²) in [5.74, 6) is 1.51. The van der Waals surface area contributed by atoms with Gasteiger partial charge < -0.3 is 14.6 Å². The predicted octanol–water partition coefficient (Wildman–Crippen LogP) is 3.30. The smallest absolute Gasteiger partial charge is 0.227 e. The highest BCUT2D eigenvalue weighted by Crippen LogP contribution is 2.27. The van der Waals surface area contributed by atoms with Crippen molar-refractivity contribution in [2.45, 2.75) is 26.3 Å². The minimum absolute atomic E-state index is 0.0531. The molecule has 0 spiro atoms. The van der Waals surface area contributed by atoms with E-state index in [2.05, 4.69) is 15.5 Å². The molecule has 0 radical (unpaired) electrons. The number of para-hydroxylation sites is 1. The van der Waals surface area contributed by atoms with E-state index in [9.17, 15) is 4.79 Å². The molecule has 134 valence electrons. The molecule has 1 amide bonds. The molecule has 0 aliphatic rings. The van der Waals surface area contributed by atoms with Gasteiger partial charge in [-0.1, -0.05) is 47.1 Å². The van der Waals surface area contributed by atoms with Crippen LogP contribution in [0.15, 0.2) is 53.1 Å². The zero-order chi connectivity index (χ0) is 18.4. The van der Waals surface area contributed by atoms with E-state index < -0.39 is 0 Å². The molecule has 1 N–H and O–H groups in total. The Labute approximate surface area is 152 Å². The predicted molar refractivity (Wildman–Crippen MR) is 97.6 cm³/mol. The fourth-order valence-electron chi connectivity index (χ4n) is 2.51. The molecule has 0 atom stereocenters. The third-order valence-electron chi connectivity index (χ3n) is 3.99. The summed E-state index contributed by atoms with van der Waals surface area (Å²) in [5.41, 5.74) is 3.02. The Kier molecular flexibility index (Phi) is 5.63. The summed E-state index contributed by atoms with van der Waals surface area (Å²) in [6.07, 6.45) is 0.682. The molecule has 0 bridgehead atoms. The second kappa shape index (κ2) is 8.29. The van der Waals surface area contributed by atoms with Gasteiger partial charge in [0.2, 0.25) is 17.6 Å². The van der Waals surface area contributed by atoms with Gasteiger partial charge in [-0.3, -0.25) is 4.79 Å². The summed E-state index contributed by atoms with van der Waals surface area (Å²) in [4.78, 5) is 16.4. The lowest BCUT2D eigenvalue weighted by atomic mass is 10.1. The van der Waals surface area contributed by atoms with E-state index in [1.54, 1.807) is 7.11 Å². The monoisotopic (exact) mass is 351 g/mol. The molecule has 0 saturated carbocycles. The Morgan fingerprint density at radius 1 is 1.15 bits per heavy atom. The number of nitrogens with one attached hydrogen (secondary N) is 1. The fraction of sp³-hybridized carbons (Fsp3) is 0.250. The Bertz CT molecular complexity index is 872. The van der Waals surface area contributed by atoms with Crippen molar-refractivity contribution in [2.75, 3.05) is 7.11 Å². The van der Waals surface area contributed by atoms with E-state index in [-0.39, 0.29) is 5.91 Å². The number of amides is 1. The summed E-state index contributed by atoms with van der Waals surface area (Å²) in [6.45, 7) is 2.54. The first-order valence-electron chi connectivity index (χ1n) is 8.44. The van der Waals surface area contributed by atoms with Crippen LogP contribution in [0.4, 0.5) is 0 Å². The third-order valence-corrected chi connectivity index (χ3v) is 3.99. The highest BCUT2D eigenvalue weighted by atomic mass is 16.5. The average molecular weight is 351 g/mol. The van der Waals surface area contributed by atoms with Crippen LogP contribution in [0, 0.1) is 6.92 Å². The molecular formula is C20H21N3O3. The van der Waals surface area contributed by atoms with Gasteiger partial charge in [-0.25, -0.2) is 0 Å². The SMILES string of the molecule is COc1ccccc1-c1noc(CCC(=O)NCc2ccc(C)cc2)n1. The standard InChI is InChI=1S/C20H21N3O3/c1-14-7-9-15(10-8-14)13-21-18(24)11-12-19-22-20(23-26-19)16-5-3-4-6-17(16)25-2/h3-10H,11-13H2,1-2H3,(H,21,24). The normalized spacial score (nSPS) is 10.5. The van der Waals surface area contributed by atoms with Crippen LogP contribution >= 0.6 is 0 Å². The maximum absolute atomic E-state index is 12.0. The molecule has 0 fully saturated rings. The molecule has 0 aliphatic carbocycles. The van der Waals surface area contributed by atoms with Crippen molar-refractivity contribution in [3.8, 4) is 17.1 Å². The number of methoxy groups -OCH3 is 1. The zero-order valence-electron chi connectivity index (χ0n) is 14.9. The van der Waals surface area contributed by atoms with Crippen molar-refractivity contribution in [2.24, 2.45) is 0 Å². The quantitative estimate of drug-likeness (QED) is 0.707. The number of carbonyl (C=O) groups is 1. The molecule has 0 aliphatic heterocycles. The van der Waals surface area contributed by atoms with Gasteiger partial charge in [-0.2, -0.15) is 4.98 Å². The van der Waals surface area contributed by atoms with Gasteiger partial charge in [0.25, 0.3) is 0 Å². The summed E-state index contributed by atoms with van der Waals surface area (Å²) >= 11 is 0. The van der Waals surface area contributed by atoms with Crippen molar-refractivity contribution in [1.82, 2.24) is 15.5 Å². The number of nitrogens with zero attached hydrogens (tertiary/aromatic N) is 2. The lowest BCUT2D eigenvalue weighted by Crippen LogP contribution is -2.23. The third kappa shape index (κ3) is 4.47. The number of hydrogen-bond donors (Lipinski definition) is 1. The van der Waals surface area contributed by atoms with Crippen LogP contribution in [-0.4, -0.2) is 23.2 Å². The summed E-state index contributed by atoms with van der Waals surface area (Å²) in [6, 6.07) is 15.5. The zero-order valence-corrected chi connectivity index (χ0v) is 14.9. The average Bonchev–Trinajstić information content (AvgIpc) is 3.14. The van der Waals surface area contributed by atoms with E-state index in [0.717, 1.165) is 11.1 Å². The number of rotatable bonds is 7. The largest absolute Gasteiger partial charge is 0.496 e. The Balaban J connectivity index is 1.53. The number of ether oxygens (including phenoxy) is 1. The lowest BCUT2D eigenvalue weighted by molar-refractivity contribution is -0.121. The molecule has 3 aromatic rings. The van der Waals surface area contributed by atoms with Crippen LogP contribution in [0.3, 0.4) is 0 Å². The lowest BCUT2D eigenvalue weighted by Gasteiger charge is -2.04. The van der Waals surface area contributed by atoms with Crippen LogP contribution in [0.1, 0.15) is 23.4 Å². The number of aromatic nitrogens is 2. The van der Waals surface area contributed by atoms with E-state index in [0.29, 0.717) is 36.9 Å². The number of hydrogen-bond acceptors (Lipinski definition) is 5. The topological polar surface area (TPSA) is 77.2 Å². The van der Waals surface area contributed by atoms with Gasteiger partial charge in [0.1, 0.15) is 5.75 Å². The van der Waals surface area contributed by atoms with Crippen molar-refractivity contribution < 1.29 is 14.1 Å². The highest BCUT2D eigenvalue weighted by molar-refractivity contribution is 5.76. The maximum Gasteiger partial charge on any atom is 0.227 e. The molecule has 0 unspecified atom stereocenters. The van der Waals surface area contributed by atoms with Gasteiger partial charge in [-0.05, 0) is 24.6 Å². The molecule has 0 saturated heterocycles. The summed E-state index contributed by atoms with van der Waals surface area (Å²) in [5, 5.41) is 6.87. The highest BCUT2D eigenvalue weighted by Gasteiger charge is 2.13. The second-order valence-corrected chi connectivity index (χ2v) is 5.97. The second-order valence-electron chi connectivity index (χ2n) is 5.97. The van der Waals surface area contributed by atoms with Crippen LogP contribution in [-0.2, 0) is 17.8 Å². The first-order chi connectivity index (χ1) is 12.7. The number of aryl methyl sites for hydroxylation is 2. The van der Waals surface area contributed by atoms with Gasteiger partial charge >= 0.3 is 0 Å². The summed E-state index contributed by atoms with van der Waals surface area (Å²) < 4.78 is 10.6. The molecule has 6 heteroatoms. The van der Waals surface area contributed by atoms with E-state index >= 15 is 0 Å².